The van der Waals surface area contributed by atoms with Gasteiger partial charge in [-0.25, -0.2) is 14.0 Å². The van der Waals surface area contributed by atoms with Crippen LogP contribution in [0.5, 0.6) is 0 Å². The summed E-state index contributed by atoms with van der Waals surface area (Å²) in [7, 11) is 0. The Kier molecular flexibility index (Phi) is 7.46. The molecule has 2 fully saturated rings. The summed E-state index contributed by atoms with van der Waals surface area (Å²) in [4.78, 5) is 19.8. The minimum Gasteiger partial charge on any atom is -0.457 e. The smallest absolute Gasteiger partial charge is 0.338 e. The summed E-state index contributed by atoms with van der Waals surface area (Å²) in [5, 5.41) is 11.0. The molecule has 0 bridgehead atoms. The number of carbonyl (C=O) groups excluding carboxylic acids is 1. The molecule has 2 aromatic rings. The molecule has 0 spiro atoms. The van der Waals surface area contributed by atoms with Gasteiger partial charge in [0.05, 0.1) is 31.0 Å². The number of aliphatic hydroxyl groups is 1. The fourth-order valence-corrected chi connectivity index (χ4v) is 5.44. The van der Waals surface area contributed by atoms with E-state index in [1.54, 1.807) is 19.1 Å². The van der Waals surface area contributed by atoms with Gasteiger partial charge in [-0.1, -0.05) is 12.1 Å². The predicted molar refractivity (Wildman–Crippen MR) is 130 cm³/mol. The first kappa shape index (κ1) is 25.5. The molecule has 0 aliphatic carbocycles. The first-order valence-corrected chi connectivity index (χ1v) is 11.6. The Morgan fingerprint density at radius 3 is 2.77 bits per heavy atom. The van der Waals surface area contributed by atoms with Gasteiger partial charge < -0.3 is 14.6 Å². The van der Waals surface area contributed by atoms with Gasteiger partial charge in [0, 0.05) is 44.3 Å². The summed E-state index contributed by atoms with van der Waals surface area (Å²) in [5.41, 5.74) is 4.81. The van der Waals surface area contributed by atoms with Gasteiger partial charge in [-0.3, -0.25) is 9.80 Å². The van der Waals surface area contributed by atoms with E-state index in [4.69, 9.17) is 16.0 Å². The normalized spacial score (nSPS) is 23.0. The van der Waals surface area contributed by atoms with Crippen LogP contribution in [0, 0.1) is 26.2 Å². The molecule has 2 aromatic carbocycles. The Bertz CT molecular complexity index is 1180. The van der Waals surface area contributed by atoms with E-state index in [2.05, 4.69) is 14.6 Å². The number of β-amino-alcohol motifs (C(OH)–C–C–N with tert-alkyl or cyclic N) is 1. The highest BCUT2D eigenvalue weighted by Crippen LogP contribution is 2.35. The number of hydrogen-bond donors (Lipinski definition) is 1. The zero-order chi connectivity index (χ0) is 24.0. The van der Waals surface area contributed by atoms with Gasteiger partial charge in [0.25, 0.3) is 0 Å². The summed E-state index contributed by atoms with van der Waals surface area (Å²) in [6, 6.07) is 6.88. The number of rotatable bonds is 4. The maximum atomic E-state index is 13.9. The van der Waals surface area contributed by atoms with Crippen LogP contribution >= 0.6 is 12.4 Å². The zero-order valence-corrected chi connectivity index (χ0v) is 20.6. The molecule has 5 rings (SSSR count). The van der Waals surface area contributed by atoms with Gasteiger partial charge in [0.2, 0.25) is 5.69 Å². The van der Waals surface area contributed by atoms with Crippen molar-refractivity contribution < 1.29 is 23.8 Å². The molecule has 3 atom stereocenters. The van der Waals surface area contributed by atoms with Crippen molar-refractivity contribution in [2.45, 2.75) is 38.7 Å². The van der Waals surface area contributed by atoms with Crippen LogP contribution in [0.25, 0.3) is 4.85 Å². The average Bonchev–Trinajstić information content (AvgIpc) is 3.21. The lowest BCUT2D eigenvalue weighted by Gasteiger charge is -2.46. The van der Waals surface area contributed by atoms with Crippen LogP contribution in [0.15, 0.2) is 24.3 Å². The van der Waals surface area contributed by atoms with Gasteiger partial charge >= 0.3 is 5.97 Å². The molecule has 9 heteroatoms. The van der Waals surface area contributed by atoms with Crippen molar-refractivity contribution in [2.75, 3.05) is 39.3 Å². The number of morpholine rings is 1. The van der Waals surface area contributed by atoms with Crippen LogP contribution < -0.4 is 0 Å². The number of esters is 1. The molecule has 3 heterocycles. The lowest BCUT2D eigenvalue weighted by Crippen LogP contribution is -2.58. The number of fused-ring (bicyclic) bond motifs is 2. The third-order valence-corrected chi connectivity index (χ3v) is 7.46. The number of hydrogen-bond acceptors (Lipinski definition) is 6. The van der Waals surface area contributed by atoms with Gasteiger partial charge in [-0.2, -0.15) is 0 Å². The second-order valence-electron chi connectivity index (χ2n) is 9.35. The third kappa shape index (κ3) is 4.67. The summed E-state index contributed by atoms with van der Waals surface area (Å²) >= 11 is 0. The Balaban J connectivity index is 0.00000289. The van der Waals surface area contributed by atoms with E-state index in [-0.39, 0.29) is 42.8 Å². The summed E-state index contributed by atoms with van der Waals surface area (Å²) in [6.07, 6.45) is -0.841. The Morgan fingerprint density at radius 2 is 2.00 bits per heavy atom. The molecule has 2 saturated heterocycles. The maximum Gasteiger partial charge on any atom is 0.338 e. The molecule has 0 saturated carbocycles. The van der Waals surface area contributed by atoms with E-state index in [0.29, 0.717) is 30.8 Å². The molecule has 1 N–H and O–H groups in total. The molecule has 0 unspecified atom stereocenters. The Hall–Kier alpha value is -2.54. The number of benzene rings is 2. The third-order valence-electron chi connectivity index (χ3n) is 7.46. The van der Waals surface area contributed by atoms with Gasteiger partial charge in [-0.15, -0.1) is 12.4 Å². The quantitative estimate of drug-likeness (QED) is 0.506. The van der Waals surface area contributed by atoms with Crippen molar-refractivity contribution in [1.29, 1.82) is 0 Å². The maximum absolute atomic E-state index is 13.9. The zero-order valence-electron chi connectivity index (χ0n) is 19.8. The lowest BCUT2D eigenvalue weighted by molar-refractivity contribution is -0.0939. The van der Waals surface area contributed by atoms with Crippen molar-refractivity contribution >= 4 is 24.1 Å². The lowest BCUT2D eigenvalue weighted by atomic mass is 9.95. The second kappa shape index (κ2) is 10.2. The van der Waals surface area contributed by atoms with E-state index in [1.807, 2.05) is 13.0 Å². The fourth-order valence-electron chi connectivity index (χ4n) is 5.44. The van der Waals surface area contributed by atoms with Gasteiger partial charge in [0.1, 0.15) is 12.4 Å². The van der Waals surface area contributed by atoms with Crippen LogP contribution in [-0.2, 0) is 16.1 Å². The minimum atomic E-state index is -0.654. The highest BCUT2D eigenvalue weighted by molar-refractivity contribution is 5.94. The average molecular weight is 502 g/mol. The first-order chi connectivity index (χ1) is 16.4. The molecule has 0 aromatic heterocycles. The van der Waals surface area contributed by atoms with Crippen LogP contribution in [-0.4, -0.2) is 66.2 Å². The van der Waals surface area contributed by atoms with Crippen molar-refractivity contribution in [3.63, 3.8) is 0 Å². The number of aliphatic hydroxyl groups excluding tert-OH is 1. The van der Waals surface area contributed by atoms with Gasteiger partial charge in [0.15, 0.2) is 0 Å². The van der Waals surface area contributed by atoms with Crippen LogP contribution in [0.4, 0.5) is 10.1 Å². The second-order valence-corrected chi connectivity index (χ2v) is 9.35. The first-order valence-electron chi connectivity index (χ1n) is 11.6. The van der Waals surface area contributed by atoms with Gasteiger partial charge in [-0.05, 0) is 48.2 Å². The minimum absolute atomic E-state index is 0. The number of ether oxygens (including phenoxy) is 2. The fraction of sp³-hybridized carbons (Fsp3) is 0.462. The summed E-state index contributed by atoms with van der Waals surface area (Å²) in [5.74, 6) is -0.790. The van der Waals surface area contributed by atoms with Crippen molar-refractivity contribution in [3.05, 3.63) is 74.9 Å². The SMILES string of the molecule is Cl.[C-]#[N+]c1c(F)ccc([C@@H]2CN3CCN(C[C@H](O)c4ccc5c(c4C)COC5=O)C[C@@H]3CO2)c1C. The number of piperazine rings is 1. The topological polar surface area (TPSA) is 66.6 Å². The number of cyclic esters (lactones) is 1. The Morgan fingerprint density at radius 1 is 1.20 bits per heavy atom. The molecule has 0 amide bonds. The van der Waals surface area contributed by atoms with E-state index in [0.717, 1.165) is 41.9 Å². The van der Waals surface area contributed by atoms with Crippen molar-refractivity contribution in [3.8, 4) is 0 Å². The Labute approximate surface area is 210 Å². The van der Waals surface area contributed by atoms with Crippen LogP contribution in [0.2, 0.25) is 0 Å². The highest BCUT2D eigenvalue weighted by atomic mass is 35.5. The highest BCUT2D eigenvalue weighted by Gasteiger charge is 2.36. The van der Waals surface area contributed by atoms with Crippen molar-refractivity contribution in [1.82, 2.24) is 9.80 Å². The largest absolute Gasteiger partial charge is 0.457 e. The van der Waals surface area contributed by atoms with Crippen LogP contribution in [0.3, 0.4) is 0 Å². The molecule has 0 radical (unpaired) electrons. The summed E-state index contributed by atoms with van der Waals surface area (Å²) < 4.78 is 25.2. The van der Waals surface area contributed by atoms with Crippen LogP contribution in [0.1, 0.15) is 50.4 Å². The monoisotopic (exact) mass is 501 g/mol. The van der Waals surface area contributed by atoms with Crippen molar-refractivity contribution in [2.24, 2.45) is 0 Å². The molecule has 3 aliphatic heterocycles. The van der Waals surface area contributed by atoms with E-state index in [9.17, 15) is 14.3 Å². The molecule has 35 heavy (non-hydrogen) atoms. The number of halogens is 2. The molecule has 7 nitrogen and oxygen atoms in total. The number of carbonyl (C=O) groups is 1. The predicted octanol–water partition coefficient (Wildman–Crippen LogP) is 3.88. The van der Waals surface area contributed by atoms with E-state index >= 15 is 0 Å². The molecule has 3 aliphatic rings. The number of nitrogens with zero attached hydrogens (tertiary/aromatic N) is 3. The molecular weight excluding hydrogens is 473 g/mol. The van der Waals surface area contributed by atoms with E-state index < -0.39 is 11.9 Å². The molecular formula is C26H29ClFN3O4. The summed E-state index contributed by atoms with van der Waals surface area (Å²) in [6.45, 7) is 15.4. The molecule has 186 valence electrons. The van der Waals surface area contributed by atoms with E-state index in [1.165, 1.54) is 6.07 Å². The standard InChI is InChI=1S/C26H28FN3O4.ClH/c1-15-18(4-5-20-21(15)14-34-26(20)32)23(31)11-29-8-9-30-12-24(33-13-17(30)10-29)19-6-7-22(27)25(28-3)16(19)2;/h4-7,17,23-24,31H,8-14H2,1-2H3;1H/t17-,23+,24+;/m1./s1.